The molecule has 0 saturated heterocycles. The topological polar surface area (TPSA) is 30.7 Å². The van der Waals surface area contributed by atoms with Gasteiger partial charge in [0, 0.05) is 16.9 Å². The molecule has 2 heterocycles. The van der Waals surface area contributed by atoms with Crippen molar-refractivity contribution in [3.63, 3.8) is 0 Å². The monoisotopic (exact) mass is 253 g/mol. The van der Waals surface area contributed by atoms with E-state index in [4.69, 9.17) is 0 Å². The molecule has 0 aliphatic rings. The van der Waals surface area contributed by atoms with Gasteiger partial charge in [0.15, 0.2) is 0 Å². The molecule has 2 aromatic heterocycles. The SMILES string of the molecule is COC(=O)c1ccn2cccc(Br)c12. The highest BCUT2D eigenvalue weighted by Crippen LogP contribution is 2.22. The zero-order chi connectivity index (χ0) is 10.1. The number of esters is 1. The van der Waals surface area contributed by atoms with Crippen molar-refractivity contribution in [3.05, 3.63) is 40.6 Å². The number of hydrogen-bond acceptors (Lipinski definition) is 2. The van der Waals surface area contributed by atoms with Crippen LogP contribution in [-0.4, -0.2) is 17.5 Å². The number of nitrogens with zero attached hydrogens (tertiary/aromatic N) is 1. The average molecular weight is 254 g/mol. The van der Waals surface area contributed by atoms with E-state index in [0.717, 1.165) is 9.99 Å². The second-order valence-corrected chi connectivity index (χ2v) is 3.69. The Balaban J connectivity index is 2.73. The summed E-state index contributed by atoms with van der Waals surface area (Å²) < 4.78 is 7.44. The highest BCUT2D eigenvalue weighted by atomic mass is 79.9. The molecule has 3 nitrogen and oxygen atoms in total. The first kappa shape index (κ1) is 9.27. The fourth-order valence-corrected chi connectivity index (χ4v) is 1.97. The van der Waals surface area contributed by atoms with Crippen molar-refractivity contribution in [2.45, 2.75) is 0 Å². The van der Waals surface area contributed by atoms with Crippen molar-refractivity contribution in [1.82, 2.24) is 4.40 Å². The lowest BCUT2D eigenvalue weighted by atomic mass is 10.2. The van der Waals surface area contributed by atoms with Gasteiger partial charge in [0.25, 0.3) is 0 Å². The molecule has 14 heavy (non-hydrogen) atoms. The van der Waals surface area contributed by atoms with E-state index in [0.29, 0.717) is 5.56 Å². The van der Waals surface area contributed by atoms with Crippen LogP contribution < -0.4 is 0 Å². The maximum absolute atomic E-state index is 11.4. The molecule has 0 spiro atoms. The molecule has 72 valence electrons. The number of rotatable bonds is 1. The van der Waals surface area contributed by atoms with Crippen molar-refractivity contribution in [2.24, 2.45) is 0 Å². The molecule has 0 fully saturated rings. The molecule has 0 N–H and O–H groups in total. The third-order valence-electron chi connectivity index (χ3n) is 2.04. The molecule has 0 aromatic carbocycles. The third kappa shape index (κ3) is 1.32. The van der Waals surface area contributed by atoms with Gasteiger partial charge in [-0.2, -0.15) is 0 Å². The van der Waals surface area contributed by atoms with Crippen LogP contribution in [0.1, 0.15) is 10.4 Å². The molecule has 4 heteroatoms. The first-order chi connectivity index (χ1) is 6.74. The fourth-order valence-electron chi connectivity index (χ4n) is 1.40. The van der Waals surface area contributed by atoms with Crippen LogP contribution in [0.3, 0.4) is 0 Å². The molecule has 0 amide bonds. The lowest BCUT2D eigenvalue weighted by Crippen LogP contribution is -2.00. The zero-order valence-corrected chi connectivity index (χ0v) is 9.11. The Hall–Kier alpha value is -1.29. The van der Waals surface area contributed by atoms with Gasteiger partial charge in [0.05, 0.1) is 18.2 Å². The van der Waals surface area contributed by atoms with Gasteiger partial charge in [-0.25, -0.2) is 4.79 Å². The summed E-state index contributed by atoms with van der Waals surface area (Å²) in [6.45, 7) is 0. The number of aromatic nitrogens is 1. The number of ether oxygens (including phenoxy) is 1. The Morgan fingerprint density at radius 1 is 1.43 bits per heavy atom. The second-order valence-electron chi connectivity index (χ2n) is 2.83. The standard InChI is InChI=1S/C10H8BrNO2/c1-14-10(13)7-4-6-12-5-2-3-8(11)9(7)12/h2-6H,1H3. The molecule has 2 aromatic rings. The fraction of sp³-hybridized carbons (Fsp3) is 0.100. The van der Waals surface area contributed by atoms with E-state index in [1.54, 1.807) is 6.07 Å². The number of fused-ring (bicyclic) bond motifs is 1. The normalized spacial score (nSPS) is 10.4. The van der Waals surface area contributed by atoms with Gasteiger partial charge in [0.1, 0.15) is 0 Å². The highest BCUT2D eigenvalue weighted by Gasteiger charge is 2.13. The van der Waals surface area contributed by atoms with Gasteiger partial charge in [-0.3, -0.25) is 0 Å². The van der Waals surface area contributed by atoms with Crippen molar-refractivity contribution in [3.8, 4) is 0 Å². The van der Waals surface area contributed by atoms with Crippen LogP contribution in [0.15, 0.2) is 35.1 Å². The summed E-state index contributed by atoms with van der Waals surface area (Å²) in [6, 6.07) is 5.53. The van der Waals surface area contributed by atoms with Crippen molar-refractivity contribution < 1.29 is 9.53 Å². The van der Waals surface area contributed by atoms with Crippen molar-refractivity contribution in [2.75, 3.05) is 7.11 Å². The smallest absolute Gasteiger partial charge is 0.340 e. The molecule has 0 aliphatic heterocycles. The third-order valence-corrected chi connectivity index (χ3v) is 2.68. The summed E-state index contributed by atoms with van der Waals surface area (Å²) in [7, 11) is 1.38. The highest BCUT2D eigenvalue weighted by molar-refractivity contribution is 9.10. The first-order valence-corrected chi connectivity index (χ1v) is 4.87. The Morgan fingerprint density at radius 2 is 2.21 bits per heavy atom. The van der Waals surface area contributed by atoms with E-state index in [9.17, 15) is 4.79 Å². The zero-order valence-electron chi connectivity index (χ0n) is 7.53. The maximum atomic E-state index is 11.4. The lowest BCUT2D eigenvalue weighted by Gasteiger charge is -2.00. The van der Waals surface area contributed by atoms with Crippen LogP contribution in [0.2, 0.25) is 0 Å². The molecule has 0 atom stereocenters. The molecule has 0 unspecified atom stereocenters. The van der Waals surface area contributed by atoms with Crippen LogP contribution in [0.5, 0.6) is 0 Å². The molecule has 2 rings (SSSR count). The number of pyridine rings is 1. The Morgan fingerprint density at radius 3 is 2.93 bits per heavy atom. The molecular weight excluding hydrogens is 246 g/mol. The second kappa shape index (κ2) is 3.46. The summed E-state index contributed by atoms with van der Waals surface area (Å²) in [5, 5.41) is 0. The van der Waals surface area contributed by atoms with Crippen LogP contribution >= 0.6 is 15.9 Å². The average Bonchev–Trinajstić information content (AvgIpc) is 2.62. The van der Waals surface area contributed by atoms with Gasteiger partial charge in [-0.1, -0.05) is 0 Å². The minimum Gasteiger partial charge on any atom is -0.465 e. The van der Waals surface area contributed by atoms with Crippen LogP contribution in [-0.2, 0) is 4.74 Å². The van der Waals surface area contributed by atoms with Crippen LogP contribution in [0, 0.1) is 0 Å². The van der Waals surface area contributed by atoms with E-state index in [1.807, 2.05) is 28.9 Å². The molecule has 0 saturated carbocycles. The summed E-state index contributed by atoms with van der Waals surface area (Å²) in [4.78, 5) is 11.4. The largest absolute Gasteiger partial charge is 0.465 e. The quantitative estimate of drug-likeness (QED) is 0.732. The molecule has 0 bridgehead atoms. The summed E-state index contributed by atoms with van der Waals surface area (Å²) in [5.41, 5.74) is 1.40. The summed E-state index contributed by atoms with van der Waals surface area (Å²) in [5.74, 6) is -0.320. The number of carbonyl (C=O) groups excluding carboxylic acids is 1. The van der Waals surface area contributed by atoms with Gasteiger partial charge < -0.3 is 9.14 Å². The van der Waals surface area contributed by atoms with E-state index < -0.39 is 0 Å². The number of hydrogen-bond donors (Lipinski definition) is 0. The Labute approximate surface area is 89.4 Å². The van der Waals surface area contributed by atoms with E-state index in [-0.39, 0.29) is 5.97 Å². The molecule has 0 radical (unpaired) electrons. The van der Waals surface area contributed by atoms with Gasteiger partial charge in [-0.15, -0.1) is 0 Å². The maximum Gasteiger partial charge on any atom is 0.340 e. The summed E-state index contributed by atoms with van der Waals surface area (Å²) >= 11 is 3.40. The first-order valence-electron chi connectivity index (χ1n) is 4.07. The molecule has 0 aliphatic carbocycles. The molecular formula is C10H8BrNO2. The minimum absolute atomic E-state index is 0.320. The predicted molar refractivity (Wildman–Crippen MR) is 56.4 cm³/mol. The van der Waals surface area contributed by atoms with Crippen LogP contribution in [0.4, 0.5) is 0 Å². The van der Waals surface area contributed by atoms with Gasteiger partial charge >= 0.3 is 5.97 Å². The lowest BCUT2D eigenvalue weighted by molar-refractivity contribution is 0.0603. The van der Waals surface area contributed by atoms with Gasteiger partial charge in [-0.05, 0) is 34.1 Å². The van der Waals surface area contributed by atoms with E-state index >= 15 is 0 Å². The number of carbonyl (C=O) groups is 1. The Kier molecular flexibility index (Phi) is 2.29. The van der Waals surface area contributed by atoms with Crippen molar-refractivity contribution in [1.29, 1.82) is 0 Å². The van der Waals surface area contributed by atoms with E-state index in [2.05, 4.69) is 20.7 Å². The van der Waals surface area contributed by atoms with E-state index in [1.165, 1.54) is 7.11 Å². The minimum atomic E-state index is -0.320. The number of halogens is 1. The summed E-state index contributed by atoms with van der Waals surface area (Å²) in [6.07, 6.45) is 3.71. The van der Waals surface area contributed by atoms with Crippen molar-refractivity contribution >= 4 is 27.4 Å². The van der Waals surface area contributed by atoms with Gasteiger partial charge in [0.2, 0.25) is 0 Å². The predicted octanol–water partition coefficient (Wildman–Crippen LogP) is 2.49. The Bertz CT molecular complexity index is 490. The number of methoxy groups -OCH3 is 1. The van der Waals surface area contributed by atoms with Crippen LogP contribution in [0.25, 0.3) is 5.52 Å².